The molecule has 0 heterocycles. The molecule has 1 nitrogen and oxygen atoms in total. The monoisotopic (exact) mass is 312 g/mol. The van der Waals surface area contributed by atoms with Gasteiger partial charge >= 0.3 is 0 Å². The fourth-order valence-corrected chi connectivity index (χ4v) is 3.44. The summed E-state index contributed by atoms with van der Waals surface area (Å²) in [5.74, 6) is 0.920. The van der Waals surface area contributed by atoms with Gasteiger partial charge in [-0.15, -0.1) is 0 Å². The number of unbranched alkanes of at least 4 members (excludes halogenated alkanes) is 5. The van der Waals surface area contributed by atoms with Crippen molar-refractivity contribution in [2.45, 2.75) is 84.0 Å². The van der Waals surface area contributed by atoms with Crippen molar-refractivity contribution in [1.82, 2.24) is 0 Å². The first-order valence-electron chi connectivity index (χ1n) is 9.54. The van der Waals surface area contributed by atoms with Crippen molar-refractivity contribution in [3.05, 3.63) is 41.5 Å². The fraction of sp³-hybridized carbons (Fsp3) is 0.591. The summed E-state index contributed by atoms with van der Waals surface area (Å²) in [5, 5.41) is 0. The highest BCUT2D eigenvalue weighted by Crippen LogP contribution is 2.28. The van der Waals surface area contributed by atoms with Crippen molar-refractivity contribution in [3.63, 3.8) is 0 Å². The van der Waals surface area contributed by atoms with Gasteiger partial charge in [0.1, 0.15) is 0 Å². The molecule has 0 saturated carbocycles. The lowest BCUT2D eigenvalue weighted by Crippen LogP contribution is -2.02. The lowest BCUT2D eigenvalue weighted by Gasteiger charge is -2.15. The molecule has 0 aromatic heterocycles. The molecule has 1 unspecified atom stereocenters. The number of allylic oxidation sites excluding steroid dienone is 2. The number of hydrogen-bond donors (Lipinski definition) is 0. The van der Waals surface area contributed by atoms with Gasteiger partial charge in [-0.2, -0.15) is 0 Å². The highest BCUT2D eigenvalue weighted by Gasteiger charge is 2.12. The van der Waals surface area contributed by atoms with Crippen molar-refractivity contribution in [3.8, 4) is 0 Å². The number of ketones is 1. The number of carbonyl (C=O) groups excluding carboxylic acids is 1. The smallest absolute Gasteiger partial charge is 0.155 e. The minimum Gasteiger partial charge on any atom is -0.295 e. The third-order valence-corrected chi connectivity index (χ3v) is 5.05. The molecule has 0 saturated heterocycles. The summed E-state index contributed by atoms with van der Waals surface area (Å²) in [6, 6.07) is 8.93. The first kappa shape index (κ1) is 18.0. The summed E-state index contributed by atoms with van der Waals surface area (Å²) < 4.78 is 0. The van der Waals surface area contributed by atoms with Crippen LogP contribution in [0.25, 0.3) is 5.57 Å². The minimum atomic E-state index is 0.284. The van der Waals surface area contributed by atoms with Crippen LogP contribution in [0.3, 0.4) is 0 Å². The van der Waals surface area contributed by atoms with Crippen LogP contribution in [0.15, 0.2) is 30.3 Å². The van der Waals surface area contributed by atoms with E-state index in [1.807, 2.05) is 6.08 Å². The molecule has 1 aliphatic carbocycles. The number of rotatable bonds is 9. The second-order valence-corrected chi connectivity index (χ2v) is 7.07. The zero-order valence-electron chi connectivity index (χ0n) is 14.9. The van der Waals surface area contributed by atoms with Gasteiger partial charge in [0.05, 0.1) is 0 Å². The standard InChI is InChI=1S/C22H32O/c1-3-4-5-6-7-8-10-18(2)19-13-15-20(16-14-19)21-11-9-12-22(23)17-21/h13-18H,3-12H2,1-2H3. The molecule has 2 rings (SSSR count). The molecule has 0 fully saturated rings. The lowest BCUT2D eigenvalue weighted by molar-refractivity contribution is -0.114. The topological polar surface area (TPSA) is 17.1 Å². The van der Waals surface area contributed by atoms with Crippen molar-refractivity contribution < 1.29 is 4.79 Å². The van der Waals surface area contributed by atoms with Crippen LogP contribution in [0.2, 0.25) is 0 Å². The summed E-state index contributed by atoms with van der Waals surface area (Å²) in [7, 11) is 0. The van der Waals surface area contributed by atoms with E-state index in [9.17, 15) is 4.79 Å². The van der Waals surface area contributed by atoms with Gasteiger partial charge in [-0.25, -0.2) is 0 Å². The van der Waals surface area contributed by atoms with Crippen LogP contribution in [-0.4, -0.2) is 5.78 Å². The summed E-state index contributed by atoms with van der Waals surface area (Å²) in [4.78, 5) is 11.6. The van der Waals surface area contributed by atoms with E-state index in [2.05, 4.69) is 38.1 Å². The van der Waals surface area contributed by atoms with E-state index in [0.29, 0.717) is 5.92 Å². The number of carbonyl (C=O) groups is 1. The van der Waals surface area contributed by atoms with E-state index in [0.717, 1.165) is 19.3 Å². The molecular formula is C22H32O. The predicted octanol–water partition coefficient (Wildman–Crippen LogP) is 6.68. The highest BCUT2D eigenvalue weighted by molar-refractivity contribution is 5.98. The van der Waals surface area contributed by atoms with Gasteiger partial charge in [0.2, 0.25) is 0 Å². The van der Waals surface area contributed by atoms with Crippen LogP contribution in [0.4, 0.5) is 0 Å². The average molecular weight is 312 g/mol. The summed E-state index contributed by atoms with van der Waals surface area (Å²) in [5.41, 5.74) is 3.88. The van der Waals surface area contributed by atoms with Crippen molar-refractivity contribution >= 4 is 11.4 Å². The molecular weight excluding hydrogens is 280 g/mol. The quantitative estimate of drug-likeness (QED) is 0.465. The predicted molar refractivity (Wildman–Crippen MR) is 99.7 cm³/mol. The Bertz CT molecular complexity index is 509. The summed E-state index contributed by atoms with van der Waals surface area (Å²) >= 11 is 0. The maximum Gasteiger partial charge on any atom is 0.155 e. The van der Waals surface area contributed by atoms with E-state index in [-0.39, 0.29) is 5.78 Å². The molecule has 0 aliphatic heterocycles. The Morgan fingerprint density at radius 3 is 2.35 bits per heavy atom. The zero-order chi connectivity index (χ0) is 16.5. The number of hydrogen-bond acceptors (Lipinski definition) is 1. The maximum absolute atomic E-state index is 11.6. The normalized spacial score (nSPS) is 16.3. The molecule has 1 aromatic carbocycles. The van der Waals surface area contributed by atoms with Crippen molar-refractivity contribution in [1.29, 1.82) is 0 Å². The van der Waals surface area contributed by atoms with Crippen molar-refractivity contribution in [2.24, 2.45) is 0 Å². The molecule has 0 bridgehead atoms. The second kappa shape index (κ2) is 9.70. The molecule has 1 atom stereocenters. The Morgan fingerprint density at radius 2 is 1.65 bits per heavy atom. The van der Waals surface area contributed by atoms with Crippen molar-refractivity contribution in [2.75, 3.05) is 0 Å². The lowest BCUT2D eigenvalue weighted by atomic mass is 9.90. The van der Waals surface area contributed by atoms with Gasteiger partial charge < -0.3 is 0 Å². The Kier molecular flexibility index (Phi) is 7.58. The van der Waals surface area contributed by atoms with E-state index >= 15 is 0 Å². The molecule has 1 heteroatoms. The summed E-state index contributed by atoms with van der Waals surface area (Å²) in [6.45, 7) is 4.61. The molecule has 0 spiro atoms. The van der Waals surface area contributed by atoms with Gasteiger partial charge in [-0.1, -0.05) is 76.6 Å². The molecule has 23 heavy (non-hydrogen) atoms. The first-order chi connectivity index (χ1) is 11.2. The van der Waals surface area contributed by atoms with Crippen LogP contribution < -0.4 is 0 Å². The Labute approximate surface area is 142 Å². The molecule has 1 aromatic rings. The fourth-order valence-electron chi connectivity index (χ4n) is 3.44. The largest absolute Gasteiger partial charge is 0.295 e. The Balaban J connectivity index is 1.80. The van der Waals surface area contributed by atoms with Gasteiger partial charge in [-0.05, 0) is 48.0 Å². The Morgan fingerprint density at radius 1 is 0.957 bits per heavy atom. The van der Waals surface area contributed by atoms with E-state index in [4.69, 9.17) is 0 Å². The van der Waals surface area contributed by atoms with Crippen LogP contribution in [-0.2, 0) is 4.79 Å². The van der Waals surface area contributed by atoms with E-state index < -0.39 is 0 Å². The van der Waals surface area contributed by atoms with Crippen LogP contribution in [0.1, 0.15) is 95.1 Å². The van der Waals surface area contributed by atoms with Gasteiger partial charge in [0.15, 0.2) is 5.78 Å². The molecule has 0 radical (unpaired) electrons. The van der Waals surface area contributed by atoms with Gasteiger partial charge in [0, 0.05) is 6.42 Å². The SMILES string of the molecule is CCCCCCCCC(C)c1ccc(C2=CC(=O)CCC2)cc1. The average Bonchev–Trinajstić information content (AvgIpc) is 2.58. The molecule has 1 aliphatic rings. The second-order valence-electron chi connectivity index (χ2n) is 7.07. The maximum atomic E-state index is 11.6. The Hall–Kier alpha value is -1.37. The van der Waals surface area contributed by atoms with Crippen LogP contribution >= 0.6 is 0 Å². The summed E-state index contributed by atoms with van der Waals surface area (Å²) in [6.07, 6.45) is 14.1. The molecule has 0 amide bonds. The first-order valence-corrected chi connectivity index (χ1v) is 9.54. The minimum absolute atomic E-state index is 0.284. The van der Waals surface area contributed by atoms with Crippen LogP contribution in [0, 0.1) is 0 Å². The molecule has 126 valence electrons. The van der Waals surface area contributed by atoms with Gasteiger partial charge in [-0.3, -0.25) is 4.79 Å². The van der Waals surface area contributed by atoms with Crippen LogP contribution in [0.5, 0.6) is 0 Å². The van der Waals surface area contributed by atoms with E-state index in [1.165, 1.54) is 61.6 Å². The third-order valence-electron chi connectivity index (χ3n) is 5.05. The number of benzene rings is 1. The zero-order valence-corrected chi connectivity index (χ0v) is 14.9. The van der Waals surface area contributed by atoms with Gasteiger partial charge in [0.25, 0.3) is 0 Å². The highest BCUT2D eigenvalue weighted by atomic mass is 16.1. The third kappa shape index (κ3) is 5.97. The van der Waals surface area contributed by atoms with E-state index in [1.54, 1.807) is 0 Å². The molecule has 0 N–H and O–H groups in total.